The molecule has 4 heteroatoms. The Labute approximate surface area is 119 Å². The Balaban J connectivity index is 2.04. The van der Waals surface area contributed by atoms with E-state index >= 15 is 0 Å². The van der Waals surface area contributed by atoms with Crippen molar-refractivity contribution in [3.8, 4) is 0 Å². The van der Waals surface area contributed by atoms with Gasteiger partial charge < -0.3 is 10.2 Å². The minimum atomic E-state index is 0.721. The number of hydrogen-bond acceptors (Lipinski definition) is 1. The van der Waals surface area contributed by atoms with Crippen molar-refractivity contribution in [2.75, 3.05) is 18.4 Å². The van der Waals surface area contributed by atoms with Crippen LogP contribution in [0.1, 0.15) is 25.3 Å². The summed E-state index contributed by atoms with van der Waals surface area (Å²) in [6, 6.07) is 5.86. The second-order valence-corrected chi connectivity index (χ2v) is 5.83. The number of nitrogens with one attached hydrogen (secondary N) is 1. The highest BCUT2D eigenvalue weighted by atomic mass is 35.5. The second-order valence-electron chi connectivity index (χ2n) is 5.04. The smallest absolute Gasteiger partial charge is 0.173 e. The van der Waals surface area contributed by atoms with Crippen LogP contribution in [0.3, 0.4) is 0 Å². The maximum Gasteiger partial charge on any atom is 0.173 e. The average Bonchev–Trinajstić information content (AvgIpc) is 2.35. The van der Waals surface area contributed by atoms with E-state index in [4.69, 9.17) is 23.8 Å². The summed E-state index contributed by atoms with van der Waals surface area (Å²) in [6.07, 6.45) is 2.52. The number of benzene rings is 1. The number of anilines is 1. The zero-order chi connectivity index (χ0) is 13.1. The SMILES string of the molecule is Cc1c(Cl)cccc1NC(=S)N1CCCC(C)C1. The zero-order valence-electron chi connectivity index (χ0n) is 10.9. The van der Waals surface area contributed by atoms with Crippen molar-refractivity contribution in [2.45, 2.75) is 26.7 Å². The van der Waals surface area contributed by atoms with Crippen LogP contribution in [0.5, 0.6) is 0 Å². The molecule has 0 aliphatic carbocycles. The van der Waals surface area contributed by atoms with E-state index in [9.17, 15) is 0 Å². The molecule has 0 radical (unpaired) electrons. The molecule has 0 aromatic heterocycles. The van der Waals surface area contributed by atoms with Gasteiger partial charge in [-0.3, -0.25) is 0 Å². The molecule has 1 aliphatic rings. The summed E-state index contributed by atoms with van der Waals surface area (Å²) in [6.45, 7) is 6.38. The summed E-state index contributed by atoms with van der Waals surface area (Å²) in [5.41, 5.74) is 2.05. The van der Waals surface area contributed by atoms with Gasteiger partial charge in [0.05, 0.1) is 0 Å². The lowest BCUT2D eigenvalue weighted by Gasteiger charge is -2.33. The molecule has 2 rings (SSSR count). The molecule has 1 aliphatic heterocycles. The van der Waals surface area contributed by atoms with Gasteiger partial charge in [0.2, 0.25) is 0 Å². The minimum Gasteiger partial charge on any atom is -0.349 e. The summed E-state index contributed by atoms with van der Waals surface area (Å²) in [4.78, 5) is 2.25. The van der Waals surface area contributed by atoms with E-state index in [0.29, 0.717) is 0 Å². The summed E-state index contributed by atoms with van der Waals surface area (Å²) in [5.74, 6) is 0.721. The third-order valence-corrected chi connectivity index (χ3v) is 4.22. The quantitative estimate of drug-likeness (QED) is 0.782. The largest absolute Gasteiger partial charge is 0.349 e. The number of nitrogens with zero attached hydrogens (tertiary/aromatic N) is 1. The van der Waals surface area contributed by atoms with E-state index in [1.54, 1.807) is 0 Å². The Morgan fingerprint density at radius 1 is 1.50 bits per heavy atom. The molecule has 1 unspecified atom stereocenters. The van der Waals surface area contributed by atoms with E-state index in [0.717, 1.165) is 40.4 Å². The van der Waals surface area contributed by atoms with Gasteiger partial charge in [0, 0.05) is 23.8 Å². The summed E-state index contributed by atoms with van der Waals surface area (Å²) < 4.78 is 0. The van der Waals surface area contributed by atoms with Gasteiger partial charge in [-0.15, -0.1) is 0 Å². The normalized spacial score (nSPS) is 19.7. The standard InChI is InChI=1S/C14H19ClN2S/c1-10-5-4-8-17(9-10)14(18)16-13-7-3-6-12(15)11(13)2/h3,6-7,10H,4-5,8-9H2,1-2H3,(H,16,18). The Kier molecular flexibility index (Phi) is 4.46. The van der Waals surface area contributed by atoms with Crippen LogP contribution in [0.2, 0.25) is 5.02 Å². The van der Waals surface area contributed by atoms with Crippen LogP contribution >= 0.6 is 23.8 Å². The van der Waals surface area contributed by atoms with Crippen molar-refractivity contribution in [2.24, 2.45) is 5.92 Å². The Hall–Kier alpha value is -0.800. The molecule has 98 valence electrons. The predicted octanol–water partition coefficient (Wildman–Crippen LogP) is 4.08. The molecule has 1 fully saturated rings. The highest BCUT2D eigenvalue weighted by Crippen LogP contribution is 2.24. The molecule has 2 nitrogen and oxygen atoms in total. The molecule has 0 saturated carbocycles. The lowest BCUT2D eigenvalue weighted by atomic mass is 10.0. The van der Waals surface area contributed by atoms with E-state index in [-0.39, 0.29) is 0 Å². The van der Waals surface area contributed by atoms with Crippen LogP contribution in [0.25, 0.3) is 0 Å². The first kappa shape index (κ1) is 13.6. The van der Waals surface area contributed by atoms with Gasteiger partial charge in [-0.25, -0.2) is 0 Å². The van der Waals surface area contributed by atoms with Gasteiger partial charge >= 0.3 is 0 Å². The predicted molar refractivity (Wildman–Crippen MR) is 82.4 cm³/mol. The Bertz CT molecular complexity index is 447. The van der Waals surface area contributed by atoms with Crippen molar-refractivity contribution in [1.82, 2.24) is 4.90 Å². The molecule has 1 aromatic carbocycles. The van der Waals surface area contributed by atoms with Crippen molar-refractivity contribution >= 4 is 34.6 Å². The molecule has 0 bridgehead atoms. The van der Waals surface area contributed by atoms with Gasteiger partial charge in [0.25, 0.3) is 0 Å². The first-order valence-electron chi connectivity index (χ1n) is 6.39. The second kappa shape index (κ2) is 5.89. The third kappa shape index (κ3) is 3.15. The van der Waals surface area contributed by atoms with Gasteiger partial charge in [-0.2, -0.15) is 0 Å². The monoisotopic (exact) mass is 282 g/mol. The fraction of sp³-hybridized carbons (Fsp3) is 0.500. The molecule has 18 heavy (non-hydrogen) atoms. The van der Waals surface area contributed by atoms with Gasteiger partial charge in [0.15, 0.2) is 5.11 Å². The van der Waals surface area contributed by atoms with E-state index in [1.165, 1.54) is 12.8 Å². The van der Waals surface area contributed by atoms with Crippen molar-refractivity contribution in [1.29, 1.82) is 0 Å². The number of likely N-dealkylation sites (tertiary alicyclic amines) is 1. The molecular weight excluding hydrogens is 264 g/mol. The third-order valence-electron chi connectivity index (χ3n) is 3.45. The van der Waals surface area contributed by atoms with Crippen LogP contribution in [0.4, 0.5) is 5.69 Å². The number of halogens is 1. The fourth-order valence-corrected chi connectivity index (χ4v) is 2.76. The first-order valence-corrected chi connectivity index (χ1v) is 7.17. The summed E-state index contributed by atoms with van der Waals surface area (Å²) in [7, 11) is 0. The number of hydrogen-bond donors (Lipinski definition) is 1. The molecule has 0 spiro atoms. The van der Waals surface area contributed by atoms with E-state index in [1.807, 2.05) is 25.1 Å². The van der Waals surface area contributed by atoms with Gasteiger partial charge in [-0.1, -0.05) is 24.6 Å². The highest BCUT2D eigenvalue weighted by Gasteiger charge is 2.18. The molecule has 1 N–H and O–H groups in total. The fourth-order valence-electron chi connectivity index (χ4n) is 2.31. The number of rotatable bonds is 1. The highest BCUT2D eigenvalue weighted by molar-refractivity contribution is 7.80. The summed E-state index contributed by atoms with van der Waals surface area (Å²) >= 11 is 11.6. The first-order chi connectivity index (χ1) is 8.58. The Morgan fingerprint density at radius 2 is 2.28 bits per heavy atom. The van der Waals surface area contributed by atoms with E-state index < -0.39 is 0 Å². The van der Waals surface area contributed by atoms with Crippen molar-refractivity contribution in [3.63, 3.8) is 0 Å². The van der Waals surface area contributed by atoms with Crippen LogP contribution < -0.4 is 5.32 Å². The lowest BCUT2D eigenvalue weighted by molar-refractivity contribution is 0.276. The molecular formula is C14H19ClN2S. The number of thiocarbonyl (C=S) groups is 1. The maximum absolute atomic E-state index is 6.11. The topological polar surface area (TPSA) is 15.3 Å². The van der Waals surface area contributed by atoms with Crippen LogP contribution in [-0.4, -0.2) is 23.1 Å². The molecule has 1 saturated heterocycles. The van der Waals surface area contributed by atoms with Crippen LogP contribution in [0, 0.1) is 12.8 Å². The Morgan fingerprint density at radius 3 is 3.00 bits per heavy atom. The van der Waals surface area contributed by atoms with Gasteiger partial charge in [0.1, 0.15) is 0 Å². The zero-order valence-corrected chi connectivity index (χ0v) is 12.4. The molecule has 1 heterocycles. The van der Waals surface area contributed by atoms with Crippen molar-refractivity contribution < 1.29 is 0 Å². The summed E-state index contributed by atoms with van der Waals surface area (Å²) in [5, 5.41) is 4.90. The van der Waals surface area contributed by atoms with Crippen LogP contribution in [0.15, 0.2) is 18.2 Å². The molecule has 1 aromatic rings. The van der Waals surface area contributed by atoms with Crippen molar-refractivity contribution in [3.05, 3.63) is 28.8 Å². The van der Waals surface area contributed by atoms with E-state index in [2.05, 4.69) is 17.1 Å². The van der Waals surface area contributed by atoms with Gasteiger partial charge in [-0.05, 0) is 55.6 Å². The van der Waals surface area contributed by atoms with Crippen LogP contribution in [-0.2, 0) is 0 Å². The number of piperidine rings is 1. The molecule has 0 amide bonds. The lowest BCUT2D eigenvalue weighted by Crippen LogP contribution is -2.41. The maximum atomic E-state index is 6.11. The molecule has 1 atom stereocenters. The average molecular weight is 283 g/mol. The minimum absolute atomic E-state index is 0.721.